The van der Waals surface area contributed by atoms with E-state index in [-0.39, 0.29) is 5.69 Å². The van der Waals surface area contributed by atoms with E-state index in [0.717, 1.165) is 11.6 Å². The number of hydrogen-bond acceptors (Lipinski definition) is 3. The number of nitro benzene ring substituents is 1. The summed E-state index contributed by atoms with van der Waals surface area (Å²) in [7, 11) is 1.77. The highest BCUT2D eigenvalue weighted by Crippen LogP contribution is 2.23. The van der Waals surface area contributed by atoms with Crippen LogP contribution in [0.1, 0.15) is 5.56 Å². The fourth-order valence-corrected chi connectivity index (χ4v) is 1.83. The summed E-state index contributed by atoms with van der Waals surface area (Å²) in [6.45, 7) is 0.557. The van der Waals surface area contributed by atoms with E-state index in [1.807, 2.05) is 30.3 Å². The molecule has 0 saturated carbocycles. The maximum absolute atomic E-state index is 13.4. The van der Waals surface area contributed by atoms with Crippen LogP contribution in [0.25, 0.3) is 0 Å². The molecular weight excluding hydrogens is 247 g/mol. The Morgan fingerprint density at radius 2 is 1.89 bits per heavy atom. The molecule has 0 radical (unpaired) electrons. The average Bonchev–Trinajstić information content (AvgIpc) is 2.39. The Bertz CT molecular complexity index is 587. The normalized spacial score (nSPS) is 10.2. The molecule has 0 saturated heterocycles. The van der Waals surface area contributed by atoms with Crippen LogP contribution in [-0.4, -0.2) is 12.0 Å². The van der Waals surface area contributed by atoms with Gasteiger partial charge < -0.3 is 4.90 Å². The largest absolute Gasteiger partial charge is 0.370 e. The number of hydrogen-bond donors (Lipinski definition) is 0. The molecule has 0 aromatic heterocycles. The first-order valence-corrected chi connectivity index (χ1v) is 5.76. The predicted molar refractivity (Wildman–Crippen MR) is 71.6 cm³/mol. The van der Waals surface area contributed by atoms with Crippen molar-refractivity contribution in [3.63, 3.8) is 0 Å². The van der Waals surface area contributed by atoms with Gasteiger partial charge in [-0.15, -0.1) is 0 Å². The molecule has 0 atom stereocenters. The number of anilines is 1. The molecule has 0 aliphatic carbocycles. The third kappa shape index (κ3) is 3.28. The van der Waals surface area contributed by atoms with E-state index in [1.165, 1.54) is 12.1 Å². The lowest BCUT2D eigenvalue weighted by molar-refractivity contribution is -0.385. The number of nitrogens with zero attached hydrogens (tertiary/aromatic N) is 2. The van der Waals surface area contributed by atoms with Gasteiger partial charge in [0.2, 0.25) is 0 Å². The van der Waals surface area contributed by atoms with Gasteiger partial charge in [0.25, 0.3) is 5.69 Å². The second kappa shape index (κ2) is 5.48. The highest BCUT2D eigenvalue weighted by Gasteiger charge is 2.12. The second-order valence-corrected chi connectivity index (χ2v) is 4.27. The molecule has 0 fully saturated rings. The van der Waals surface area contributed by atoms with Gasteiger partial charge in [-0.1, -0.05) is 30.3 Å². The van der Waals surface area contributed by atoms with Gasteiger partial charge in [-0.05, 0) is 11.6 Å². The fraction of sp³-hybridized carbons (Fsp3) is 0.143. The minimum Gasteiger partial charge on any atom is -0.370 e. The quantitative estimate of drug-likeness (QED) is 0.625. The highest BCUT2D eigenvalue weighted by molar-refractivity contribution is 5.53. The molecule has 4 nitrogen and oxygen atoms in total. The summed E-state index contributed by atoms with van der Waals surface area (Å²) in [6, 6.07) is 13.2. The third-order valence-electron chi connectivity index (χ3n) is 2.78. The van der Waals surface area contributed by atoms with Crippen LogP contribution in [0.15, 0.2) is 48.5 Å². The van der Waals surface area contributed by atoms with Crippen LogP contribution in [0.3, 0.4) is 0 Å². The number of nitro groups is 1. The van der Waals surface area contributed by atoms with E-state index < -0.39 is 10.7 Å². The average molecular weight is 260 g/mol. The number of non-ortho nitro benzene ring substituents is 1. The molecule has 0 spiro atoms. The van der Waals surface area contributed by atoms with Crippen molar-refractivity contribution in [1.82, 2.24) is 0 Å². The molecule has 0 bridgehead atoms. The summed E-state index contributed by atoms with van der Waals surface area (Å²) in [4.78, 5) is 11.9. The molecule has 0 heterocycles. The van der Waals surface area contributed by atoms with Gasteiger partial charge in [0, 0.05) is 25.3 Å². The van der Waals surface area contributed by atoms with Gasteiger partial charge in [0.1, 0.15) is 5.82 Å². The van der Waals surface area contributed by atoms with E-state index in [2.05, 4.69) is 0 Å². The molecule has 0 unspecified atom stereocenters. The van der Waals surface area contributed by atoms with Gasteiger partial charge in [0.05, 0.1) is 11.0 Å². The van der Waals surface area contributed by atoms with Crippen molar-refractivity contribution in [2.45, 2.75) is 6.54 Å². The van der Waals surface area contributed by atoms with Gasteiger partial charge in [0.15, 0.2) is 0 Å². The molecular formula is C14H13FN2O2. The predicted octanol–water partition coefficient (Wildman–Crippen LogP) is 3.37. The Labute approximate surface area is 110 Å². The first kappa shape index (κ1) is 13.0. The molecule has 0 aliphatic rings. The zero-order chi connectivity index (χ0) is 13.8. The van der Waals surface area contributed by atoms with Crippen LogP contribution in [0.5, 0.6) is 0 Å². The lowest BCUT2D eigenvalue weighted by Crippen LogP contribution is -2.16. The minimum atomic E-state index is -0.607. The highest BCUT2D eigenvalue weighted by atomic mass is 19.1. The van der Waals surface area contributed by atoms with Crippen molar-refractivity contribution in [3.8, 4) is 0 Å². The van der Waals surface area contributed by atoms with Gasteiger partial charge in [-0.3, -0.25) is 10.1 Å². The van der Waals surface area contributed by atoms with Crippen LogP contribution in [-0.2, 0) is 6.54 Å². The van der Waals surface area contributed by atoms with Gasteiger partial charge >= 0.3 is 0 Å². The molecule has 2 aromatic carbocycles. The van der Waals surface area contributed by atoms with Crippen molar-refractivity contribution in [1.29, 1.82) is 0 Å². The summed E-state index contributed by atoms with van der Waals surface area (Å²) in [5.41, 5.74) is 1.29. The maximum atomic E-state index is 13.4. The number of benzene rings is 2. The summed E-state index contributed by atoms with van der Waals surface area (Å²) in [5, 5.41) is 10.7. The van der Waals surface area contributed by atoms with Crippen LogP contribution < -0.4 is 4.90 Å². The first-order chi connectivity index (χ1) is 9.06. The number of rotatable bonds is 4. The Morgan fingerprint density at radius 3 is 2.53 bits per heavy atom. The zero-order valence-electron chi connectivity index (χ0n) is 10.4. The van der Waals surface area contributed by atoms with Crippen molar-refractivity contribution in [3.05, 3.63) is 70.0 Å². The Morgan fingerprint density at radius 1 is 1.21 bits per heavy atom. The monoisotopic (exact) mass is 260 g/mol. The molecule has 0 amide bonds. The van der Waals surface area contributed by atoms with E-state index in [0.29, 0.717) is 12.2 Å². The fourth-order valence-electron chi connectivity index (χ4n) is 1.83. The van der Waals surface area contributed by atoms with Crippen molar-refractivity contribution >= 4 is 11.4 Å². The van der Waals surface area contributed by atoms with Gasteiger partial charge in [-0.2, -0.15) is 0 Å². The van der Waals surface area contributed by atoms with Crippen LogP contribution in [0, 0.1) is 15.9 Å². The van der Waals surface area contributed by atoms with Crippen molar-refractivity contribution in [2.24, 2.45) is 0 Å². The Kier molecular flexibility index (Phi) is 3.75. The van der Waals surface area contributed by atoms with Crippen LogP contribution in [0.4, 0.5) is 15.8 Å². The standard InChI is InChI=1S/C14H13FN2O2/c1-16(10-11-5-3-2-4-6-11)13-7-12(15)8-14(9-13)17(18)19/h2-9H,10H2,1H3. The topological polar surface area (TPSA) is 46.4 Å². The van der Waals surface area contributed by atoms with E-state index in [1.54, 1.807) is 11.9 Å². The minimum absolute atomic E-state index is 0.241. The number of halogens is 1. The Balaban J connectivity index is 2.24. The van der Waals surface area contributed by atoms with Crippen LogP contribution >= 0.6 is 0 Å². The maximum Gasteiger partial charge on any atom is 0.274 e. The zero-order valence-corrected chi connectivity index (χ0v) is 10.4. The first-order valence-electron chi connectivity index (χ1n) is 5.76. The van der Waals surface area contributed by atoms with Crippen molar-refractivity contribution in [2.75, 3.05) is 11.9 Å². The molecule has 19 heavy (non-hydrogen) atoms. The molecule has 0 aliphatic heterocycles. The van der Waals surface area contributed by atoms with Crippen molar-refractivity contribution < 1.29 is 9.31 Å². The molecule has 2 aromatic rings. The molecule has 98 valence electrons. The molecule has 0 N–H and O–H groups in total. The Hall–Kier alpha value is -2.43. The van der Waals surface area contributed by atoms with Gasteiger partial charge in [-0.25, -0.2) is 4.39 Å². The molecule has 5 heteroatoms. The third-order valence-corrected chi connectivity index (χ3v) is 2.78. The summed E-state index contributed by atoms with van der Waals surface area (Å²) >= 11 is 0. The van der Waals surface area contributed by atoms with E-state index in [9.17, 15) is 14.5 Å². The molecule has 2 rings (SSSR count). The lowest BCUT2D eigenvalue weighted by Gasteiger charge is -2.19. The lowest BCUT2D eigenvalue weighted by atomic mass is 10.2. The van der Waals surface area contributed by atoms with Crippen LogP contribution in [0.2, 0.25) is 0 Å². The SMILES string of the molecule is CN(Cc1ccccc1)c1cc(F)cc([N+](=O)[O-])c1. The summed E-state index contributed by atoms with van der Waals surface area (Å²) < 4.78 is 13.4. The smallest absolute Gasteiger partial charge is 0.274 e. The summed E-state index contributed by atoms with van der Waals surface area (Å²) in [5.74, 6) is -0.607. The summed E-state index contributed by atoms with van der Waals surface area (Å²) in [6.07, 6.45) is 0. The van der Waals surface area contributed by atoms with E-state index >= 15 is 0 Å². The van der Waals surface area contributed by atoms with E-state index in [4.69, 9.17) is 0 Å². The second-order valence-electron chi connectivity index (χ2n) is 4.27.